The van der Waals surface area contributed by atoms with Crippen LogP contribution in [0.1, 0.15) is 30.1 Å². The van der Waals surface area contributed by atoms with Crippen LogP contribution in [0.5, 0.6) is 0 Å². The van der Waals surface area contributed by atoms with Crippen molar-refractivity contribution < 1.29 is 9.59 Å². The van der Waals surface area contributed by atoms with Crippen molar-refractivity contribution in [2.75, 3.05) is 31.9 Å². The van der Waals surface area contributed by atoms with Crippen LogP contribution in [0, 0.1) is 0 Å². The van der Waals surface area contributed by atoms with E-state index >= 15 is 0 Å². The van der Waals surface area contributed by atoms with E-state index in [1.54, 1.807) is 18.2 Å². The molecular weight excluding hydrogens is 381 g/mol. The molecular formula is C17H21Cl2N3O2S. The largest absolute Gasteiger partial charge is 0.338 e. The van der Waals surface area contributed by atoms with Gasteiger partial charge in [0, 0.05) is 37.0 Å². The Balaban J connectivity index is 1.75. The van der Waals surface area contributed by atoms with Crippen LogP contribution in [0.2, 0.25) is 10.0 Å². The third-order valence-electron chi connectivity index (χ3n) is 4.74. The van der Waals surface area contributed by atoms with E-state index in [0.29, 0.717) is 41.8 Å². The van der Waals surface area contributed by atoms with E-state index in [1.165, 1.54) is 0 Å². The molecule has 0 bridgehead atoms. The summed E-state index contributed by atoms with van der Waals surface area (Å²) in [6.45, 7) is 4.53. The smallest absolute Gasteiger partial charge is 0.317 e. The second kappa shape index (κ2) is 7.64. The molecule has 1 N–H and O–H groups in total. The first-order valence-corrected chi connectivity index (χ1v) is 10.1. The summed E-state index contributed by atoms with van der Waals surface area (Å²) in [6, 6.07) is 4.95. The molecule has 1 aromatic carbocycles. The Labute approximate surface area is 162 Å². The number of benzene rings is 1. The maximum atomic E-state index is 13.1. The van der Waals surface area contributed by atoms with Crippen molar-refractivity contribution in [3.63, 3.8) is 0 Å². The molecule has 136 valence electrons. The van der Waals surface area contributed by atoms with Crippen LogP contribution in [0.25, 0.3) is 0 Å². The van der Waals surface area contributed by atoms with Crippen molar-refractivity contribution in [3.05, 3.63) is 33.8 Å². The maximum absolute atomic E-state index is 13.1. The van der Waals surface area contributed by atoms with Gasteiger partial charge in [-0.1, -0.05) is 23.2 Å². The number of thioether (sulfide) groups is 1. The highest BCUT2D eigenvalue weighted by atomic mass is 35.5. The van der Waals surface area contributed by atoms with Gasteiger partial charge in [-0.15, -0.1) is 11.8 Å². The zero-order valence-corrected chi connectivity index (χ0v) is 16.4. The lowest BCUT2D eigenvalue weighted by Crippen LogP contribution is -2.55. The predicted octanol–water partition coefficient (Wildman–Crippen LogP) is 3.70. The molecule has 1 aromatic rings. The Bertz CT molecular complexity index is 678. The third-order valence-corrected chi connectivity index (χ3v) is 6.84. The van der Waals surface area contributed by atoms with Crippen molar-refractivity contribution in [2.45, 2.75) is 24.6 Å². The summed E-state index contributed by atoms with van der Waals surface area (Å²) in [5.74, 6) is 0.844. The van der Waals surface area contributed by atoms with Gasteiger partial charge in [-0.3, -0.25) is 4.79 Å². The number of carbonyl (C=O) groups is 2. The fourth-order valence-corrected chi connectivity index (χ4v) is 5.38. The average Bonchev–Trinajstić information content (AvgIpc) is 2.98. The molecule has 0 aliphatic carbocycles. The first-order valence-electron chi connectivity index (χ1n) is 8.40. The van der Waals surface area contributed by atoms with Crippen molar-refractivity contribution in [1.29, 1.82) is 0 Å². The second-order valence-electron chi connectivity index (χ2n) is 6.20. The van der Waals surface area contributed by atoms with Crippen molar-refractivity contribution in [2.24, 2.45) is 0 Å². The number of carbonyl (C=O) groups excluding carboxylic acids is 2. The quantitative estimate of drug-likeness (QED) is 0.821. The van der Waals surface area contributed by atoms with Crippen LogP contribution in [0.15, 0.2) is 18.2 Å². The maximum Gasteiger partial charge on any atom is 0.317 e. The minimum atomic E-state index is -0.247. The Kier molecular flexibility index (Phi) is 5.71. The number of nitrogens with one attached hydrogen (secondary N) is 1. The second-order valence-corrected chi connectivity index (χ2v) is 8.50. The van der Waals surface area contributed by atoms with Crippen LogP contribution in [0.4, 0.5) is 4.79 Å². The number of amides is 3. The van der Waals surface area contributed by atoms with Gasteiger partial charge in [0.15, 0.2) is 0 Å². The van der Waals surface area contributed by atoms with Gasteiger partial charge in [-0.2, -0.15) is 0 Å². The Morgan fingerprint density at radius 3 is 2.60 bits per heavy atom. The van der Waals surface area contributed by atoms with Gasteiger partial charge in [-0.25, -0.2) is 4.79 Å². The molecule has 0 aromatic heterocycles. The summed E-state index contributed by atoms with van der Waals surface area (Å²) in [4.78, 5) is 28.6. The van der Waals surface area contributed by atoms with Crippen LogP contribution in [-0.4, -0.2) is 58.5 Å². The molecule has 2 aliphatic rings. The van der Waals surface area contributed by atoms with Crippen molar-refractivity contribution >= 4 is 46.9 Å². The number of piperidine rings is 1. The number of hydrogen-bond acceptors (Lipinski definition) is 3. The van der Waals surface area contributed by atoms with Gasteiger partial charge in [0.25, 0.3) is 5.91 Å². The van der Waals surface area contributed by atoms with E-state index in [4.69, 9.17) is 23.2 Å². The molecule has 3 amide bonds. The number of rotatable bonds is 2. The van der Waals surface area contributed by atoms with Crippen LogP contribution < -0.4 is 5.32 Å². The highest BCUT2D eigenvalue weighted by Crippen LogP contribution is 2.45. The van der Waals surface area contributed by atoms with Crippen LogP contribution in [-0.2, 0) is 0 Å². The first-order chi connectivity index (χ1) is 12.0. The normalized spacial score (nSPS) is 19.3. The zero-order chi connectivity index (χ0) is 18.0. The van der Waals surface area contributed by atoms with Gasteiger partial charge >= 0.3 is 6.03 Å². The molecule has 1 spiro atoms. The molecule has 0 saturated carbocycles. The number of urea groups is 1. The fraction of sp³-hybridized carbons (Fsp3) is 0.529. The van der Waals surface area contributed by atoms with Gasteiger partial charge in [0.2, 0.25) is 0 Å². The molecule has 3 rings (SSSR count). The third kappa shape index (κ3) is 3.71. The molecule has 8 heteroatoms. The number of likely N-dealkylation sites (tertiary alicyclic amines) is 1. The molecule has 2 saturated heterocycles. The summed E-state index contributed by atoms with van der Waals surface area (Å²) in [6.07, 6.45) is 1.54. The Morgan fingerprint density at radius 1 is 1.24 bits per heavy atom. The molecule has 0 atom stereocenters. The molecule has 0 unspecified atom stereocenters. The SMILES string of the molecule is CCNC(=O)N1CCC2(CC1)SCCN2C(=O)c1ccc(Cl)cc1Cl. The monoisotopic (exact) mass is 401 g/mol. The number of nitrogens with zero attached hydrogens (tertiary/aromatic N) is 2. The van der Waals surface area contributed by atoms with Crippen molar-refractivity contribution in [1.82, 2.24) is 15.1 Å². The number of halogens is 2. The molecule has 0 radical (unpaired) electrons. The predicted molar refractivity (Wildman–Crippen MR) is 103 cm³/mol. The first kappa shape index (κ1) is 18.7. The lowest BCUT2D eigenvalue weighted by Gasteiger charge is -2.44. The molecule has 25 heavy (non-hydrogen) atoms. The van der Waals surface area contributed by atoms with Gasteiger partial charge in [-0.05, 0) is 38.0 Å². The Morgan fingerprint density at radius 2 is 1.96 bits per heavy atom. The van der Waals surface area contributed by atoms with E-state index in [-0.39, 0.29) is 16.8 Å². The summed E-state index contributed by atoms with van der Waals surface area (Å²) in [7, 11) is 0. The van der Waals surface area contributed by atoms with E-state index < -0.39 is 0 Å². The molecule has 2 heterocycles. The van der Waals surface area contributed by atoms with Gasteiger partial charge < -0.3 is 15.1 Å². The van der Waals surface area contributed by atoms with E-state index in [1.807, 2.05) is 28.5 Å². The lowest BCUT2D eigenvalue weighted by atomic mass is 10.0. The highest BCUT2D eigenvalue weighted by molar-refractivity contribution is 8.00. The average molecular weight is 402 g/mol. The van der Waals surface area contributed by atoms with Crippen molar-refractivity contribution in [3.8, 4) is 0 Å². The lowest BCUT2D eigenvalue weighted by molar-refractivity contribution is 0.0581. The summed E-state index contributed by atoms with van der Waals surface area (Å²) in [5.41, 5.74) is 0.485. The minimum absolute atomic E-state index is 0.0287. The molecule has 2 aliphatic heterocycles. The molecule has 5 nitrogen and oxygen atoms in total. The number of hydrogen-bond donors (Lipinski definition) is 1. The molecule has 2 fully saturated rings. The highest BCUT2D eigenvalue weighted by Gasteiger charge is 2.47. The Hall–Kier alpha value is -1.11. The van der Waals surface area contributed by atoms with E-state index in [2.05, 4.69) is 5.32 Å². The van der Waals surface area contributed by atoms with Crippen LogP contribution in [0.3, 0.4) is 0 Å². The topological polar surface area (TPSA) is 52.7 Å². The van der Waals surface area contributed by atoms with Crippen LogP contribution >= 0.6 is 35.0 Å². The summed E-state index contributed by atoms with van der Waals surface area (Å²) < 4.78 is 0. The minimum Gasteiger partial charge on any atom is -0.338 e. The fourth-order valence-electron chi connectivity index (χ4n) is 3.44. The summed E-state index contributed by atoms with van der Waals surface area (Å²) in [5, 5.41) is 3.73. The van der Waals surface area contributed by atoms with E-state index in [0.717, 1.165) is 18.6 Å². The summed E-state index contributed by atoms with van der Waals surface area (Å²) >= 11 is 14.0. The van der Waals surface area contributed by atoms with Gasteiger partial charge in [0.05, 0.1) is 15.5 Å². The zero-order valence-electron chi connectivity index (χ0n) is 14.1. The van der Waals surface area contributed by atoms with E-state index in [9.17, 15) is 9.59 Å². The standard InChI is InChI=1S/C17H21Cl2N3O2S/c1-2-20-16(24)21-7-5-17(6-8-21)22(9-10-25-17)15(23)13-4-3-12(18)11-14(13)19/h3-4,11H,2,5-10H2,1H3,(H,20,24). The van der Waals surface area contributed by atoms with Gasteiger partial charge in [0.1, 0.15) is 0 Å².